The molecule has 0 amide bonds. The first-order valence-electron chi connectivity index (χ1n) is 10.6. The topological polar surface area (TPSA) is 224 Å². The second-order valence-corrected chi connectivity index (χ2v) is 11.7. The SMILES string of the molecule is NS(=O)(=O)c1c(S(=O)(=O)C2CNC2)ccc(-c2ccc3nccnc3c2)c1-c1nn[nH]n1.O=C(O)C(F)(F)F. The highest BCUT2D eigenvalue weighted by atomic mass is 32.2. The number of alkyl halides is 3. The number of primary sulfonamides is 1. The van der Waals surface area contributed by atoms with Crippen molar-refractivity contribution in [3.63, 3.8) is 0 Å². The van der Waals surface area contributed by atoms with Gasteiger partial charge in [-0.3, -0.25) is 9.97 Å². The summed E-state index contributed by atoms with van der Waals surface area (Å²) in [5.74, 6) is -2.86. The van der Waals surface area contributed by atoms with Crippen molar-refractivity contribution in [3.8, 4) is 22.5 Å². The third-order valence-corrected chi connectivity index (χ3v) is 8.77. The highest BCUT2D eigenvalue weighted by molar-refractivity contribution is 7.94. The number of rotatable bonds is 5. The number of hydrogen-bond donors (Lipinski definition) is 4. The van der Waals surface area contributed by atoms with Crippen molar-refractivity contribution in [2.45, 2.75) is 21.2 Å². The molecule has 2 aromatic carbocycles. The van der Waals surface area contributed by atoms with E-state index in [1.165, 1.54) is 18.3 Å². The number of halogens is 3. The maximum Gasteiger partial charge on any atom is 0.490 e. The fraction of sp³-hybridized carbons (Fsp3) is 0.200. The Bertz CT molecular complexity index is 1760. The van der Waals surface area contributed by atoms with Crippen LogP contribution < -0.4 is 10.5 Å². The van der Waals surface area contributed by atoms with Crippen molar-refractivity contribution >= 4 is 36.9 Å². The molecule has 206 valence electrons. The van der Waals surface area contributed by atoms with Gasteiger partial charge in [0, 0.05) is 25.5 Å². The van der Waals surface area contributed by atoms with Crippen LogP contribution in [0.4, 0.5) is 13.2 Å². The molecule has 1 saturated heterocycles. The second kappa shape index (κ2) is 10.2. The standard InChI is InChI=1S/C18H16N8O4S2.C2HF3O2/c19-32(29,30)17-15(31(27,28)11-8-20-9-11)4-2-12(16(17)18-23-25-26-24-18)10-1-3-13-14(7-10)22-6-5-21-13;3-2(4,5)1(6)7/h1-7,11,20H,8-9H2,(H2,19,29,30)(H,23,24,25,26);(H,6,7). The maximum atomic E-state index is 13.2. The molecule has 2 aromatic heterocycles. The van der Waals surface area contributed by atoms with E-state index in [0.717, 1.165) is 0 Å². The molecule has 1 aliphatic rings. The predicted octanol–water partition coefficient (Wildman–Crippen LogP) is 0.503. The number of hydrogen-bond acceptors (Lipinski definition) is 11. The summed E-state index contributed by atoms with van der Waals surface area (Å²) in [5.41, 5.74) is 2.06. The zero-order chi connectivity index (χ0) is 28.6. The summed E-state index contributed by atoms with van der Waals surface area (Å²) in [7, 11) is -8.51. The van der Waals surface area contributed by atoms with E-state index in [1.54, 1.807) is 24.4 Å². The number of aliphatic carboxylic acids is 1. The van der Waals surface area contributed by atoms with E-state index >= 15 is 0 Å². The number of benzene rings is 2. The van der Waals surface area contributed by atoms with Crippen molar-refractivity contribution in [3.05, 3.63) is 42.7 Å². The number of H-pyrrole nitrogens is 1. The average Bonchev–Trinajstić information content (AvgIpc) is 3.35. The van der Waals surface area contributed by atoms with E-state index < -0.39 is 47.0 Å². The number of aromatic nitrogens is 6. The van der Waals surface area contributed by atoms with E-state index in [-0.39, 0.29) is 24.5 Å². The van der Waals surface area contributed by atoms with Gasteiger partial charge < -0.3 is 10.4 Å². The second-order valence-electron chi connectivity index (χ2n) is 7.98. The van der Waals surface area contributed by atoms with Gasteiger partial charge in [0.1, 0.15) is 4.90 Å². The molecule has 5 rings (SSSR count). The molecule has 19 heteroatoms. The number of fused-ring (bicyclic) bond motifs is 1. The zero-order valence-corrected chi connectivity index (χ0v) is 20.9. The smallest absolute Gasteiger partial charge is 0.475 e. The molecule has 1 aliphatic heterocycles. The van der Waals surface area contributed by atoms with Gasteiger partial charge in [-0.05, 0) is 34.5 Å². The third kappa shape index (κ3) is 5.70. The van der Waals surface area contributed by atoms with Crippen molar-refractivity contribution in [1.82, 2.24) is 35.9 Å². The number of sulfone groups is 1. The van der Waals surface area contributed by atoms with Crippen LogP contribution in [0.5, 0.6) is 0 Å². The summed E-state index contributed by atoms with van der Waals surface area (Å²) in [4.78, 5) is 16.4. The quantitative estimate of drug-likeness (QED) is 0.251. The lowest BCUT2D eigenvalue weighted by molar-refractivity contribution is -0.192. The Morgan fingerprint density at radius 1 is 1.03 bits per heavy atom. The number of nitrogens with one attached hydrogen (secondary N) is 2. The molecule has 5 N–H and O–H groups in total. The number of nitrogens with zero attached hydrogens (tertiary/aromatic N) is 5. The molecule has 4 aromatic rings. The number of sulfonamides is 1. The first-order valence-corrected chi connectivity index (χ1v) is 13.7. The summed E-state index contributed by atoms with van der Waals surface area (Å²) in [6, 6.07) is 7.91. The van der Waals surface area contributed by atoms with Crippen LogP contribution in [0.2, 0.25) is 0 Å². The third-order valence-electron chi connectivity index (χ3n) is 5.49. The molecule has 0 saturated carbocycles. The number of carboxylic acid groups (broad SMARTS) is 1. The van der Waals surface area contributed by atoms with E-state index in [1.807, 2.05) is 0 Å². The number of aromatic amines is 1. The summed E-state index contributed by atoms with van der Waals surface area (Å²) < 4.78 is 83.6. The molecule has 0 spiro atoms. The lowest BCUT2D eigenvalue weighted by Gasteiger charge is -2.28. The Balaban J connectivity index is 0.000000448. The average molecular weight is 587 g/mol. The first kappa shape index (κ1) is 28.0. The molecule has 39 heavy (non-hydrogen) atoms. The number of tetrazole rings is 1. The summed E-state index contributed by atoms with van der Waals surface area (Å²) >= 11 is 0. The Hall–Kier alpha value is -4.07. The summed E-state index contributed by atoms with van der Waals surface area (Å²) in [5, 5.41) is 28.4. The number of nitrogens with two attached hydrogens (primary N) is 1. The molecular formula is C20H17F3N8O6S2. The molecule has 0 bridgehead atoms. The fourth-order valence-electron chi connectivity index (χ4n) is 3.59. The van der Waals surface area contributed by atoms with Crippen LogP contribution >= 0.6 is 0 Å². The van der Waals surface area contributed by atoms with Crippen LogP contribution in [0, 0.1) is 0 Å². The lowest BCUT2D eigenvalue weighted by Crippen LogP contribution is -2.51. The van der Waals surface area contributed by atoms with E-state index in [2.05, 4.69) is 35.9 Å². The van der Waals surface area contributed by atoms with Gasteiger partial charge in [0.05, 0.1) is 26.7 Å². The zero-order valence-electron chi connectivity index (χ0n) is 19.3. The normalized spacial score (nSPS) is 14.4. The molecule has 0 aliphatic carbocycles. The highest BCUT2D eigenvalue weighted by Gasteiger charge is 2.39. The molecule has 1 fully saturated rings. The van der Waals surface area contributed by atoms with E-state index in [4.69, 9.17) is 15.0 Å². The fourth-order valence-corrected chi connectivity index (χ4v) is 6.78. The van der Waals surface area contributed by atoms with Gasteiger partial charge in [-0.1, -0.05) is 12.1 Å². The Kier molecular flexibility index (Phi) is 7.34. The van der Waals surface area contributed by atoms with Gasteiger partial charge in [-0.15, -0.1) is 10.2 Å². The Labute approximate surface area is 217 Å². The summed E-state index contributed by atoms with van der Waals surface area (Å²) in [6.07, 6.45) is -1.99. The largest absolute Gasteiger partial charge is 0.490 e. The first-order chi connectivity index (χ1) is 18.2. The van der Waals surface area contributed by atoms with Gasteiger partial charge in [-0.25, -0.2) is 26.8 Å². The van der Waals surface area contributed by atoms with Crippen molar-refractivity contribution < 1.29 is 39.9 Å². The van der Waals surface area contributed by atoms with E-state index in [0.29, 0.717) is 22.2 Å². The minimum absolute atomic E-state index is 0.0575. The van der Waals surface area contributed by atoms with Crippen molar-refractivity contribution in [1.29, 1.82) is 0 Å². The molecule has 0 unspecified atom stereocenters. The van der Waals surface area contributed by atoms with Crippen LogP contribution in [0.15, 0.2) is 52.5 Å². The lowest BCUT2D eigenvalue weighted by atomic mass is 9.98. The number of carboxylic acids is 1. The Morgan fingerprint density at radius 3 is 2.18 bits per heavy atom. The van der Waals surface area contributed by atoms with Crippen LogP contribution in [-0.4, -0.2) is 83.0 Å². The maximum absolute atomic E-state index is 13.2. The van der Waals surface area contributed by atoms with Crippen LogP contribution in [0.25, 0.3) is 33.5 Å². The van der Waals surface area contributed by atoms with Crippen LogP contribution in [-0.2, 0) is 24.7 Å². The van der Waals surface area contributed by atoms with Crippen LogP contribution in [0.1, 0.15) is 0 Å². The molecule has 14 nitrogen and oxygen atoms in total. The molecule has 0 atom stereocenters. The predicted molar refractivity (Wildman–Crippen MR) is 127 cm³/mol. The van der Waals surface area contributed by atoms with E-state index in [9.17, 15) is 30.0 Å². The molecular weight excluding hydrogens is 569 g/mol. The van der Waals surface area contributed by atoms with Crippen molar-refractivity contribution in [2.24, 2.45) is 5.14 Å². The van der Waals surface area contributed by atoms with Gasteiger partial charge in [0.15, 0.2) is 9.84 Å². The highest BCUT2D eigenvalue weighted by Crippen LogP contribution is 2.40. The van der Waals surface area contributed by atoms with Crippen molar-refractivity contribution in [2.75, 3.05) is 13.1 Å². The van der Waals surface area contributed by atoms with Gasteiger partial charge in [0.25, 0.3) is 0 Å². The minimum atomic E-state index is -5.08. The monoisotopic (exact) mass is 586 g/mol. The van der Waals surface area contributed by atoms with Gasteiger partial charge in [-0.2, -0.15) is 18.4 Å². The van der Waals surface area contributed by atoms with Crippen LogP contribution in [0.3, 0.4) is 0 Å². The van der Waals surface area contributed by atoms with Gasteiger partial charge in [0.2, 0.25) is 15.8 Å². The number of carbonyl (C=O) groups is 1. The van der Waals surface area contributed by atoms with Gasteiger partial charge >= 0.3 is 12.1 Å². The minimum Gasteiger partial charge on any atom is -0.475 e. The Morgan fingerprint density at radius 2 is 1.67 bits per heavy atom. The molecule has 0 radical (unpaired) electrons. The summed E-state index contributed by atoms with van der Waals surface area (Å²) in [6.45, 7) is 0.435. The molecule has 3 heterocycles.